The molecule has 1 amide bonds. The van der Waals surface area contributed by atoms with Crippen LogP contribution in [0.2, 0.25) is 0 Å². The second-order valence-electron chi connectivity index (χ2n) is 6.57. The van der Waals surface area contributed by atoms with Crippen molar-refractivity contribution in [3.8, 4) is 22.4 Å². The zero-order valence-electron chi connectivity index (χ0n) is 15.9. The number of hydrogen-bond acceptors (Lipinski definition) is 4. The zero-order chi connectivity index (χ0) is 20.3. The molecule has 0 aliphatic carbocycles. The lowest BCUT2D eigenvalue weighted by molar-refractivity contribution is -0.114. The molecule has 0 radical (unpaired) electrons. The molecule has 28 heavy (non-hydrogen) atoms. The maximum absolute atomic E-state index is 11.5. The van der Waals surface area contributed by atoms with Crippen LogP contribution in [0.1, 0.15) is 41.5 Å². The number of hydrogen-bond donors (Lipinski definition) is 1. The fourth-order valence-corrected chi connectivity index (χ4v) is 2.86. The number of benzene rings is 2. The third-order valence-corrected chi connectivity index (χ3v) is 4.34. The van der Waals surface area contributed by atoms with E-state index in [0.29, 0.717) is 22.6 Å². The van der Waals surface area contributed by atoms with Crippen molar-refractivity contribution in [3.63, 3.8) is 0 Å². The van der Waals surface area contributed by atoms with Gasteiger partial charge < -0.3 is 5.32 Å². The molecule has 0 saturated carbocycles. The number of amides is 1. The molecule has 0 spiro atoms. The number of nitrogens with one attached hydrogen (secondary N) is 1. The molecule has 140 valence electrons. The van der Waals surface area contributed by atoms with Crippen molar-refractivity contribution in [2.45, 2.75) is 20.8 Å². The first-order valence-corrected chi connectivity index (χ1v) is 8.86. The van der Waals surface area contributed by atoms with Gasteiger partial charge >= 0.3 is 0 Å². The number of nitrogens with zero attached hydrogens (tertiary/aromatic N) is 1. The fraction of sp³-hybridized carbons (Fsp3) is 0.130. The Morgan fingerprint density at radius 2 is 1.18 bits per heavy atom. The summed E-state index contributed by atoms with van der Waals surface area (Å²) in [5, 5.41) is 2.73. The van der Waals surface area contributed by atoms with Crippen molar-refractivity contribution >= 4 is 23.3 Å². The van der Waals surface area contributed by atoms with Gasteiger partial charge in [-0.15, -0.1) is 0 Å². The van der Waals surface area contributed by atoms with E-state index in [2.05, 4.69) is 10.3 Å². The van der Waals surface area contributed by atoms with Crippen LogP contribution in [0.25, 0.3) is 22.4 Å². The molecule has 3 rings (SSSR count). The Bertz CT molecular complexity index is 976. The van der Waals surface area contributed by atoms with Gasteiger partial charge in [-0.3, -0.25) is 14.4 Å². The summed E-state index contributed by atoms with van der Waals surface area (Å²) < 4.78 is 0. The highest BCUT2D eigenvalue weighted by Gasteiger charge is 2.10. The van der Waals surface area contributed by atoms with Crippen molar-refractivity contribution < 1.29 is 14.4 Å². The van der Waals surface area contributed by atoms with Crippen molar-refractivity contribution in [1.29, 1.82) is 0 Å². The van der Waals surface area contributed by atoms with Crippen molar-refractivity contribution in [1.82, 2.24) is 4.98 Å². The topological polar surface area (TPSA) is 76.1 Å². The molecule has 1 aromatic heterocycles. The van der Waals surface area contributed by atoms with E-state index in [-0.39, 0.29) is 17.5 Å². The summed E-state index contributed by atoms with van der Waals surface area (Å²) >= 11 is 0. The predicted octanol–water partition coefficient (Wildman–Crippen LogP) is 4.78. The van der Waals surface area contributed by atoms with Gasteiger partial charge in [0, 0.05) is 23.6 Å². The maximum atomic E-state index is 11.5. The van der Waals surface area contributed by atoms with Crippen LogP contribution in [-0.4, -0.2) is 22.5 Å². The minimum atomic E-state index is -0.213. The molecule has 0 atom stereocenters. The summed E-state index contributed by atoms with van der Waals surface area (Å²) in [4.78, 5) is 39.0. The van der Waals surface area contributed by atoms with E-state index in [1.807, 2.05) is 30.3 Å². The van der Waals surface area contributed by atoms with Gasteiger partial charge in [0.2, 0.25) is 5.91 Å². The molecule has 0 aliphatic rings. The van der Waals surface area contributed by atoms with Gasteiger partial charge in [-0.05, 0) is 37.1 Å². The molecule has 2 aromatic carbocycles. The highest BCUT2D eigenvalue weighted by atomic mass is 16.1. The van der Waals surface area contributed by atoms with Gasteiger partial charge in [-0.25, -0.2) is 4.98 Å². The van der Waals surface area contributed by atoms with Crippen LogP contribution in [0.5, 0.6) is 0 Å². The second kappa shape index (κ2) is 7.96. The zero-order valence-corrected chi connectivity index (χ0v) is 15.9. The maximum Gasteiger partial charge on any atom is 0.222 e. The number of pyridine rings is 1. The molecule has 0 bridgehead atoms. The Balaban J connectivity index is 2.07. The number of aromatic nitrogens is 1. The van der Waals surface area contributed by atoms with Gasteiger partial charge in [0.25, 0.3) is 0 Å². The van der Waals surface area contributed by atoms with Gasteiger partial charge in [-0.1, -0.05) is 48.5 Å². The van der Waals surface area contributed by atoms with E-state index in [1.165, 1.54) is 20.8 Å². The number of carbonyl (C=O) groups is 3. The summed E-state index contributed by atoms with van der Waals surface area (Å²) in [7, 11) is 0. The predicted molar refractivity (Wildman–Crippen MR) is 109 cm³/mol. The van der Waals surface area contributed by atoms with E-state index in [4.69, 9.17) is 0 Å². The van der Waals surface area contributed by atoms with E-state index in [0.717, 1.165) is 16.7 Å². The minimum Gasteiger partial charge on any atom is -0.311 e. The first-order chi connectivity index (χ1) is 13.3. The first-order valence-electron chi connectivity index (χ1n) is 8.86. The van der Waals surface area contributed by atoms with Gasteiger partial charge in [0.05, 0.1) is 5.69 Å². The normalized spacial score (nSPS) is 10.4. The summed E-state index contributed by atoms with van der Waals surface area (Å²) in [6.07, 6.45) is 0. The molecule has 3 aromatic rings. The lowest BCUT2D eigenvalue weighted by Crippen LogP contribution is -2.08. The van der Waals surface area contributed by atoms with Crippen LogP contribution in [-0.2, 0) is 4.79 Å². The van der Waals surface area contributed by atoms with E-state index >= 15 is 0 Å². The molecule has 1 heterocycles. The lowest BCUT2D eigenvalue weighted by Gasteiger charge is -2.11. The third-order valence-electron chi connectivity index (χ3n) is 4.34. The first kappa shape index (κ1) is 19.2. The standard InChI is InChI=1S/C23H20N2O3/c1-14(26)17-4-8-19(9-5-17)21-12-22(25-23(13-21)24-16(3)28)20-10-6-18(7-11-20)15(2)27/h4-13H,1-3H3,(H,24,25,28). The largest absolute Gasteiger partial charge is 0.311 e. The molecular formula is C23H20N2O3. The Kier molecular flexibility index (Phi) is 5.45. The quantitative estimate of drug-likeness (QED) is 0.654. The Morgan fingerprint density at radius 1 is 0.679 bits per heavy atom. The van der Waals surface area contributed by atoms with Crippen LogP contribution < -0.4 is 5.32 Å². The number of carbonyl (C=O) groups excluding carboxylic acids is 3. The summed E-state index contributed by atoms with van der Waals surface area (Å²) in [5.74, 6) is 0.227. The SMILES string of the molecule is CC(=O)Nc1cc(-c2ccc(C(C)=O)cc2)cc(-c2ccc(C(C)=O)cc2)n1. The van der Waals surface area contributed by atoms with Crippen LogP contribution in [0.4, 0.5) is 5.82 Å². The molecular weight excluding hydrogens is 352 g/mol. The number of rotatable bonds is 5. The smallest absolute Gasteiger partial charge is 0.222 e. The van der Waals surface area contributed by atoms with Crippen LogP contribution >= 0.6 is 0 Å². The molecule has 0 fully saturated rings. The Morgan fingerprint density at radius 3 is 1.64 bits per heavy atom. The number of Topliss-reactive ketones (excluding diaryl/α,β-unsaturated/α-hetero) is 2. The van der Waals surface area contributed by atoms with Crippen molar-refractivity contribution in [3.05, 3.63) is 71.8 Å². The molecule has 0 saturated heterocycles. The number of anilines is 1. The average Bonchev–Trinajstić information content (AvgIpc) is 2.67. The highest BCUT2D eigenvalue weighted by Crippen LogP contribution is 2.28. The fourth-order valence-electron chi connectivity index (χ4n) is 2.86. The molecule has 0 unspecified atom stereocenters. The number of ketones is 2. The molecule has 5 nitrogen and oxygen atoms in total. The van der Waals surface area contributed by atoms with Crippen LogP contribution in [0.3, 0.4) is 0 Å². The minimum absolute atomic E-state index is 0.00208. The lowest BCUT2D eigenvalue weighted by atomic mass is 10.0. The van der Waals surface area contributed by atoms with Gasteiger partial charge in [0.15, 0.2) is 11.6 Å². The average molecular weight is 372 g/mol. The summed E-state index contributed by atoms with van der Waals surface area (Å²) in [6.45, 7) is 4.48. The Hall–Kier alpha value is -3.60. The van der Waals surface area contributed by atoms with E-state index in [1.54, 1.807) is 30.3 Å². The van der Waals surface area contributed by atoms with Crippen molar-refractivity contribution in [2.24, 2.45) is 0 Å². The van der Waals surface area contributed by atoms with Crippen molar-refractivity contribution in [2.75, 3.05) is 5.32 Å². The molecule has 5 heteroatoms. The third kappa shape index (κ3) is 4.38. The summed E-state index contributed by atoms with van der Waals surface area (Å²) in [6, 6.07) is 18.2. The highest BCUT2D eigenvalue weighted by molar-refractivity contribution is 5.95. The van der Waals surface area contributed by atoms with E-state index < -0.39 is 0 Å². The van der Waals surface area contributed by atoms with Crippen LogP contribution in [0.15, 0.2) is 60.7 Å². The monoisotopic (exact) mass is 372 g/mol. The Labute approximate surface area is 163 Å². The van der Waals surface area contributed by atoms with Crippen LogP contribution in [0, 0.1) is 0 Å². The van der Waals surface area contributed by atoms with Gasteiger partial charge in [-0.2, -0.15) is 0 Å². The van der Waals surface area contributed by atoms with E-state index in [9.17, 15) is 14.4 Å². The van der Waals surface area contributed by atoms with Gasteiger partial charge in [0.1, 0.15) is 5.82 Å². The second-order valence-corrected chi connectivity index (χ2v) is 6.57. The molecule has 1 N–H and O–H groups in total. The summed E-state index contributed by atoms with van der Waals surface area (Å²) in [5.41, 5.74) is 4.53. The molecule has 0 aliphatic heterocycles.